The molecule has 0 spiro atoms. The molecule has 1 amide bonds. The van der Waals surface area contributed by atoms with Gasteiger partial charge in [0.25, 0.3) is 0 Å². The van der Waals surface area contributed by atoms with Crippen LogP contribution in [-0.4, -0.2) is 47.2 Å². The van der Waals surface area contributed by atoms with Gasteiger partial charge >= 0.3 is 0 Å². The normalized spacial score (nSPS) is 14.4. The molecule has 27 heavy (non-hydrogen) atoms. The average Bonchev–Trinajstić information content (AvgIpc) is 3.25. The zero-order valence-electron chi connectivity index (χ0n) is 14.7. The van der Waals surface area contributed by atoms with Crippen LogP contribution in [0.25, 0.3) is 11.5 Å². The van der Waals surface area contributed by atoms with Crippen LogP contribution in [0.4, 0.5) is 10.2 Å². The Hall–Kier alpha value is -3.22. The molecule has 6 nitrogen and oxygen atoms in total. The number of anilines is 1. The van der Waals surface area contributed by atoms with Crippen molar-refractivity contribution in [1.29, 1.82) is 0 Å². The molecule has 1 saturated heterocycles. The van der Waals surface area contributed by atoms with Gasteiger partial charge in [-0.1, -0.05) is 18.2 Å². The van der Waals surface area contributed by atoms with Crippen molar-refractivity contribution < 1.29 is 13.6 Å². The fraction of sp³-hybridized carbons (Fsp3) is 0.250. The first-order chi connectivity index (χ1) is 13.2. The topological polar surface area (TPSA) is 62.5 Å². The quantitative estimate of drug-likeness (QED) is 0.711. The summed E-state index contributed by atoms with van der Waals surface area (Å²) in [4.78, 5) is 16.3. The Kier molecular flexibility index (Phi) is 4.82. The lowest BCUT2D eigenvalue weighted by Crippen LogP contribution is -2.49. The van der Waals surface area contributed by atoms with Crippen molar-refractivity contribution in [2.45, 2.75) is 6.42 Å². The van der Waals surface area contributed by atoms with Gasteiger partial charge in [0.1, 0.15) is 11.5 Å². The van der Waals surface area contributed by atoms with Crippen LogP contribution in [0.1, 0.15) is 5.56 Å². The summed E-state index contributed by atoms with van der Waals surface area (Å²) in [6, 6.07) is 13.8. The predicted molar refractivity (Wildman–Crippen MR) is 98.6 cm³/mol. The molecule has 138 valence electrons. The van der Waals surface area contributed by atoms with Gasteiger partial charge in [-0.2, -0.15) is 0 Å². The molecule has 3 heterocycles. The first-order valence-corrected chi connectivity index (χ1v) is 8.84. The number of nitrogens with zero attached hydrogens (tertiary/aromatic N) is 4. The van der Waals surface area contributed by atoms with Crippen molar-refractivity contribution in [3.05, 3.63) is 66.2 Å². The van der Waals surface area contributed by atoms with E-state index < -0.39 is 0 Å². The molecular weight excluding hydrogens is 347 g/mol. The van der Waals surface area contributed by atoms with E-state index in [4.69, 9.17) is 4.42 Å². The number of aromatic nitrogens is 2. The summed E-state index contributed by atoms with van der Waals surface area (Å²) in [7, 11) is 0. The molecule has 1 fully saturated rings. The van der Waals surface area contributed by atoms with Gasteiger partial charge in [0.05, 0.1) is 12.7 Å². The molecule has 0 N–H and O–H groups in total. The number of hydrogen-bond donors (Lipinski definition) is 0. The van der Waals surface area contributed by atoms with Gasteiger partial charge in [-0.05, 0) is 35.9 Å². The molecule has 1 aliphatic heterocycles. The molecule has 2 aromatic heterocycles. The molecule has 0 saturated carbocycles. The Labute approximate surface area is 156 Å². The van der Waals surface area contributed by atoms with Gasteiger partial charge in [0.2, 0.25) is 5.91 Å². The second-order valence-corrected chi connectivity index (χ2v) is 6.39. The second kappa shape index (κ2) is 7.57. The van der Waals surface area contributed by atoms with E-state index in [1.165, 1.54) is 6.07 Å². The van der Waals surface area contributed by atoms with Crippen LogP contribution in [-0.2, 0) is 11.2 Å². The number of halogens is 1. The lowest BCUT2D eigenvalue weighted by Gasteiger charge is -2.35. The molecule has 0 bridgehead atoms. The van der Waals surface area contributed by atoms with Gasteiger partial charge in [-0.3, -0.25) is 4.79 Å². The maximum absolute atomic E-state index is 13.7. The number of rotatable bonds is 4. The maximum atomic E-state index is 13.7. The largest absolute Gasteiger partial charge is 0.463 e. The smallest absolute Gasteiger partial charge is 0.227 e. The number of piperazine rings is 1. The van der Waals surface area contributed by atoms with Crippen LogP contribution in [0, 0.1) is 5.82 Å². The number of carbonyl (C=O) groups is 1. The van der Waals surface area contributed by atoms with Crippen molar-refractivity contribution in [2.24, 2.45) is 0 Å². The van der Waals surface area contributed by atoms with Gasteiger partial charge in [0.15, 0.2) is 11.6 Å². The Bertz CT molecular complexity index is 904. The average molecular weight is 366 g/mol. The van der Waals surface area contributed by atoms with E-state index in [0.29, 0.717) is 43.2 Å². The highest BCUT2D eigenvalue weighted by Gasteiger charge is 2.23. The summed E-state index contributed by atoms with van der Waals surface area (Å²) in [6.07, 6.45) is 1.69. The van der Waals surface area contributed by atoms with E-state index >= 15 is 0 Å². The Morgan fingerprint density at radius 2 is 1.81 bits per heavy atom. The highest BCUT2D eigenvalue weighted by atomic mass is 19.1. The van der Waals surface area contributed by atoms with E-state index in [1.54, 1.807) is 29.4 Å². The van der Waals surface area contributed by atoms with Gasteiger partial charge in [-0.15, -0.1) is 10.2 Å². The fourth-order valence-corrected chi connectivity index (χ4v) is 3.15. The number of amides is 1. The molecule has 4 rings (SSSR count). The molecular formula is C20H19FN4O2. The third kappa shape index (κ3) is 3.81. The van der Waals surface area contributed by atoms with Gasteiger partial charge in [-0.25, -0.2) is 4.39 Å². The van der Waals surface area contributed by atoms with Gasteiger partial charge < -0.3 is 14.2 Å². The second-order valence-electron chi connectivity index (χ2n) is 6.39. The van der Waals surface area contributed by atoms with Crippen molar-refractivity contribution in [1.82, 2.24) is 15.1 Å². The Balaban J connectivity index is 1.34. The molecule has 0 atom stereocenters. The molecule has 7 heteroatoms. The van der Waals surface area contributed by atoms with E-state index in [0.717, 1.165) is 5.82 Å². The monoisotopic (exact) mass is 366 g/mol. The van der Waals surface area contributed by atoms with Crippen LogP contribution in [0.5, 0.6) is 0 Å². The molecule has 0 radical (unpaired) electrons. The SMILES string of the molecule is O=C(Cc1ccccc1F)N1CCN(c2ccc(-c3ccco3)nn2)CC1. The molecule has 3 aromatic rings. The first kappa shape index (κ1) is 17.2. The lowest BCUT2D eigenvalue weighted by molar-refractivity contribution is -0.130. The van der Waals surface area contributed by atoms with Crippen LogP contribution in [0.3, 0.4) is 0 Å². The summed E-state index contributed by atoms with van der Waals surface area (Å²) in [5.74, 6) is 1.06. The zero-order chi connectivity index (χ0) is 18.6. The summed E-state index contributed by atoms with van der Waals surface area (Å²) < 4.78 is 19.0. The number of benzene rings is 1. The van der Waals surface area contributed by atoms with Crippen LogP contribution in [0.15, 0.2) is 59.2 Å². The predicted octanol–water partition coefficient (Wildman–Crippen LogP) is 2.77. The minimum Gasteiger partial charge on any atom is -0.463 e. The van der Waals surface area contributed by atoms with E-state index in [2.05, 4.69) is 15.1 Å². The standard InChI is InChI=1S/C20H19FN4O2/c21-16-5-2-1-4-15(16)14-20(26)25-11-9-24(10-12-25)19-8-7-17(22-23-19)18-6-3-13-27-18/h1-8,13H,9-12,14H2. The number of furan rings is 1. The Morgan fingerprint density at radius 1 is 1.00 bits per heavy atom. The molecule has 0 unspecified atom stereocenters. The summed E-state index contributed by atoms with van der Waals surface area (Å²) in [6.45, 7) is 2.49. The molecule has 0 aliphatic carbocycles. The van der Waals surface area contributed by atoms with Crippen LogP contribution >= 0.6 is 0 Å². The third-order valence-corrected chi connectivity index (χ3v) is 4.68. The minimum atomic E-state index is -0.337. The van der Waals surface area contributed by atoms with Crippen LogP contribution in [0.2, 0.25) is 0 Å². The molecule has 1 aromatic carbocycles. The third-order valence-electron chi connectivity index (χ3n) is 4.68. The summed E-state index contributed by atoms with van der Waals surface area (Å²) in [5.41, 5.74) is 1.12. The molecule has 1 aliphatic rings. The number of hydrogen-bond acceptors (Lipinski definition) is 5. The first-order valence-electron chi connectivity index (χ1n) is 8.84. The summed E-state index contributed by atoms with van der Waals surface area (Å²) >= 11 is 0. The zero-order valence-corrected chi connectivity index (χ0v) is 14.7. The Morgan fingerprint density at radius 3 is 2.48 bits per heavy atom. The van der Waals surface area contributed by atoms with E-state index in [9.17, 15) is 9.18 Å². The van der Waals surface area contributed by atoms with Crippen molar-refractivity contribution in [2.75, 3.05) is 31.1 Å². The summed E-state index contributed by atoms with van der Waals surface area (Å²) in [5, 5.41) is 8.48. The maximum Gasteiger partial charge on any atom is 0.227 e. The fourth-order valence-electron chi connectivity index (χ4n) is 3.15. The minimum absolute atomic E-state index is 0.0565. The highest BCUT2D eigenvalue weighted by molar-refractivity contribution is 5.79. The lowest BCUT2D eigenvalue weighted by atomic mass is 10.1. The number of carbonyl (C=O) groups excluding carboxylic acids is 1. The van der Waals surface area contributed by atoms with Crippen molar-refractivity contribution in [3.63, 3.8) is 0 Å². The van der Waals surface area contributed by atoms with E-state index in [1.807, 2.05) is 24.3 Å². The van der Waals surface area contributed by atoms with Crippen molar-refractivity contribution in [3.8, 4) is 11.5 Å². The van der Waals surface area contributed by atoms with Gasteiger partial charge in [0, 0.05) is 26.2 Å². The van der Waals surface area contributed by atoms with E-state index in [-0.39, 0.29) is 18.1 Å². The highest BCUT2D eigenvalue weighted by Crippen LogP contribution is 2.20. The van der Waals surface area contributed by atoms with Crippen LogP contribution < -0.4 is 4.90 Å². The van der Waals surface area contributed by atoms with Crippen molar-refractivity contribution >= 4 is 11.7 Å².